The van der Waals surface area contributed by atoms with E-state index in [0.717, 1.165) is 23.1 Å². The van der Waals surface area contributed by atoms with Gasteiger partial charge < -0.3 is 9.84 Å². The molecule has 0 saturated carbocycles. The molecule has 1 aromatic carbocycles. The summed E-state index contributed by atoms with van der Waals surface area (Å²) in [6, 6.07) is 9.28. The number of aromatic nitrogens is 2. The van der Waals surface area contributed by atoms with E-state index in [1.165, 1.54) is 0 Å². The second-order valence-corrected chi connectivity index (χ2v) is 4.55. The molecule has 5 nitrogen and oxygen atoms in total. The molecule has 0 spiro atoms. The van der Waals surface area contributed by atoms with Crippen molar-refractivity contribution in [1.29, 1.82) is 0 Å². The monoisotopic (exact) mass is 276 g/mol. The summed E-state index contributed by atoms with van der Waals surface area (Å²) in [6.45, 7) is 0. The number of carboxylic acid groups (broad SMARTS) is 1. The van der Waals surface area contributed by atoms with Crippen LogP contribution in [-0.2, 0) is 4.79 Å². The highest BCUT2D eigenvalue weighted by Crippen LogP contribution is 2.28. The first kappa shape index (κ1) is 13.4. The minimum atomic E-state index is -0.892. The van der Waals surface area contributed by atoms with Crippen LogP contribution >= 0.6 is 11.8 Å². The maximum atomic E-state index is 10.5. The van der Waals surface area contributed by atoms with E-state index in [2.05, 4.69) is 9.97 Å². The summed E-state index contributed by atoms with van der Waals surface area (Å²) in [5.41, 5.74) is 1.56. The van der Waals surface area contributed by atoms with Crippen molar-refractivity contribution in [3.63, 3.8) is 0 Å². The second-order valence-electron chi connectivity index (χ2n) is 3.61. The molecule has 0 aliphatic rings. The van der Waals surface area contributed by atoms with Crippen LogP contribution in [-0.4, -0.2) is 33.9 Å². The molecule has 98 valence electrons. The van der Waals surface area contributed by atoms with Crippen LogP contribution in [0, 0.1) is 0 Å². The van der Waals surface area contributed by atoms with Crippen molar-refractivity contribution in [1.82, 2.24) is 9.97 Å². The first-order chi connectivity index (χ1) is 9.20. The van der Waals surface area contributed by atoms with Gasteiger partial charge in [-0.15, -0.1) is 0 Å². The van der Waals surface area contributed by atoms with Crippen LogP contribution in [0.5, 0.6) is 5.75 Å². The summed E-state index contributed by atoms with van der Waals surface area (Å²) in [5.74, 6) is -0.235. The van der Waals surface area contributed by atoms with Crippen LogP contribution in [0.25, 0.3) is 11.3 Å². The van der Waals surface area contributed by atoms with Gasteiger partial charge >= 0.3 is 5.97 Å². The Balaban J connectivity index is 2.29. The molecule has 1 aromatic heterocycles. The predicted molar refractivity (Wildman–Crippen MR) is 72.4 cm³/mol. The fourth-order valence-corrected chi connectivity index (χ4v) is 2.09. The number of ether oxygens (including phenoxy) is 1. The summed E-state index contributed by atoms with van der Waals surface area (Å²) in [7, 11) is 1.60. The van der Waals surface area contributed by atoms with E-state index in [4.69, 9.17) is 9.84 Å². The van der Waals surface area contributed by atoms with Crippen molar-refractivity contribution in [2.24, 2.45) is 0 Å². The lowest BCUT2D eigenvalue weighted by Crippen LogP contribution is -1.99. The number of carbonyl (C=O) groups is 1. The van der Waals surface area contributed by atoms with E-state index in [-0.39, 0.29) is 5.75 Å². The number of nitrogens with zero attached hydrogens (tertiary/aromatic N) is 2. The van der Waals surface area contributed by atoms with E-state index in [1.807, 2.05) is 24.3 Å². The Bertz CT molecular complexity index is 590. The predicted octanol–water partition coefficient (Wildman–Crippen LogP) is 2.33. The van der Waals surface area contributed by atoms with Gasteiger partial charge in [0.25, 0.3) is 0 Å². The van der Waals surface area contributed by atoms with Gasteiger partial charge in [-0.1, -0.05) is 23.9 Å². The summed E-state index contributed by atoms with van der Waals surface area (Å²) >= 11 is 1.09. The molecule has 0 atom stereocenters. The second kappa shape index (κ2) is 6.19. The van der Waals surface area contributed by atoms with Crippen LogP contribution in [0.15, 0.2) is 41.7 Å². The molecule has 1 N–H and O–H groups in total. The molecule has 0 fully saturated rings. The molecule has 1 heterocycles. The van der Waals surface area contributed by atoms with E-state index in [9.17, 15) is 4.79 Å². The third-order valence-electron chi connectivity index (χ3n) is 2.34. The maximum absolute atomic E-state index is 10.5. The van der Waals surface area contributed by atoms with Crippen molar-refractivity contribution in [3.8, 4) is 17.0 Å². The lowest BCUT2D eigenvalue weighted by Gasteiger charge is -2.07. The number of methoxy groups -OCH3 is 1. The molecule has 2 rings (SSSR count). The first-order valence-electron chi connectivity index (χ1n) is 5.51. The number of hydrogen-bond donors (Lipinski definition) is 1. The van der Waals surface area contributed by atoms with Gasteiger partial charge in [-0.25, -0.2) is 9.97 Å². The number of hydrogen-bond acceptors (Lipinski definition) is 5. The molecule has 0 radical (unpaired) electrons. The van der Waals surface area contributed by atoms with Crippen LogP contribution in [0.4, 0.5) is 0 Å². The molecular weight excluding hydrogens is 264 g/mol. The summed E-state index contributed by atoms with van der Waals surface area (Å²) in [6.07, 6.45) is 1.61. The lowest BCUT2D eigenvalue weighted by molar-refractivity contribution is -0.133. The van der Waals surface area contributed by atoms with Crippen LogP contribution in [0.2, 0.25) is 0 Å². The van der Waals surface area contributed by atoms with Crippen molar-refractivity contribution < 1.29 is 14.6 Å². The molecular formula is C13H12N2O3S. The summed E-state index contributed by atoms with van der Waals surface area (Å²) < 4.78 is 5.28. The van der Waals surface area contributed by atoms with Gasteiger partial charge in [-0.2, -0.15) is 0 Å². The topological polar surface area (TPSA) is 72.3 Å². The smallest absolute Gasteiger partial charge is 0.313 e. The average Bonchev–Trinajstić information content (AvgIpc) is 2.45. The zero-order chi connectivity index (χ0) is 13.7. The average molecular weight is 276 g/mol. The largest absolute Gasteiger partial charge is 0.496 e. The Morgan fingerprint density at radius 1 is 1.37 bits per heavy atom. The summed E-state index contributed by atoms with van der Waals surface area (Å²) in [4.78, 5) is 18.9. The SMILES string of the molecule is COc1ccccc1-c1ccnc(SCC(=O)O)n1. The van der Waals surface area contributed by atoms with Crippen molar-refractivity contribution in [2.75, 3.05) is 12.9 Å². The highest BCUT2D eigenvalue weighted by atomic mass is 32.2. The number of carboxylic acids is 1. The van der Waals surface area contributed by atoms with Crippen molar-refractivity contribution in [2.45, 2.75) is 5.16 Å². The minimum Gasteiger partial charge on any atom is -0.496 e. The number of para-hydroxylation sites is 1. The number of aliphatic carboxylic acids is 1. The molecule has 0 saturated heterocycles. The Hall–Kier alpha value is -2.08. The minimum absolute atomic E-state index is 0.0601. The van der Waals surface area contributed by atoms with Crippen molar-refractivity contribution in [3.05, 3.63) is 36.5 Å². The Morgan fingerprint density at radius 3 is 2.89 bits per heavy atom. The Kier molecular flexibility index (Phi) is 4.35. The first-order valence-corrected chi connectivity index (χ1v) is 6.50. The molecule has 6 heteroatoms. The lowest BCUT2D eigenvalue weighted by atomic mass is 10.1. The fourth-order valence-electron chi connectivity index (χ4n) is 1.54. The third kappa shape index (κ3) is 3.45. The van der Waals surface area contributed by atoms with Gasteiger partial charge in [0.2, 0.25) is 0 Å². The highest BCUT2D eigenvalue weighted by Gasteiger charge is 2.08. The van der Waals surface area contributed by atoms with E-state index in [0.29, 0.717) is 10.9 Å². The number of thioether (sulfide) groups is 1. The summed E-state index contributed by atoms with van der Waals surface area (Å²) in [5, 5.41) is 9.08. The maximum Gasteiger partial charge on any atom is 0.313 e. The van der Waals surface area contributed by atoms with Crippen molar-refractivity contribution >= 4 is 17.7 Å². The normalized spacial score (nSPS) is 10.2. The fraction of sp³-hybridized carbons (Fsp3) is 0.154. The molecule has 0 aliphatic carbocycles. The molecule has 0 amide bonds. The Morgan fingerprint density at radius 2 is 2.16 bits per heavy atom. The molecule has 0 unspecified atom stereocenters. The highest BCUT2D eigenvalue weighted by molar-refractivity contribution is 7.99. The molecule has 19 heavy (non-hydrogen) atoms. The van der Waals surface area contributed by atoms with Gasteiger partial charge in [0.15, 0.2) is 5.16 Å². The van der Waals surface area contributed by atoms with Crippen LogP contribution in [0.3, 0.4) is 0 Å². The zero-order valence-corrected chi connectivity index (χ0v) is 11.1. The molecule has 2 aromatic rings. The van der Waals surface area contributed by atoms with Gasteiger partial charge in [0.05, 0.1) is 18.6 Å². The van der Waals surface area contributed by atoms with E-state index >= 15 is 0 Å². The number of benzene rings is 1. The standard InChI is InChI=1S/C13H12N2O3S/c1-18-11-5-3-2-4-9(11)10-6-7-14-13(15-10)19-8-12(16)17/h2-7H,8H2,1H3,(H,16,17). The molecule has 0 bridgehead atoms. The number of rotatable bonds is 5. The zero-order valence-electron chi connectivity index (χ0n) is 10.2. The van der Waals surface area contributed by atoms with Crippen LogP contribution < -0.4 is 4.74 Å². The van der Waals surface area contributed by atoms with Crippen LogP contribution in [0.1, 0.15) is 0 Å². The van der Waals surface area contributed by atoms with Gasteiger partial charge in [-0.05, 0) is 18.2 Å². The quantitative estimate of drug-likeness (QED) is 0.667. The van der Waals surface area contributed by atoms with Gasteiger partial charge in [0, 0.05) is 11.8 Å². The third-order valence-corrected chi connectivity index (χ3v) is 3.19. The van der Waals surface area contributed by atoms with Gasteiger partial charge in [-0.3, -0.25) is 4.79 Å². The molecule has 0 aliphatic heterocycles. The van der Waals surface area contributed by atoms with E-state index < -0.39 is 5.97 Å². The van der Waals surface area contributed by atoms with E-state index in [1.54, 1.807) is 19.4 Å². The van der Waals surface area contributed by atoms with Gasteiger partial charge in [0.1, 0.15) is 5.75 Å². The Labute approximate surface area is 114 Å².